The van der Waals surface area contributed by atoms with Gasteiger partial charge >= 0.3 is 0 Å². The Bertz CT molecular complexity index is 305. The van der Waals surface area contributed by atoms with E-state index in [1.54, 1.807) is 0 Å². The summed E-state index contributed by atoms with van der Waals surface area (Å²) in [6.45, 7) is 1.44. The molecule has 3 nitrogen and oxygen atoms in total. The maximum Gasteiger partial charge on any atom is 0.124 e. The van der Waals surface area contributed by atoms with E-state index >= 15 is 0 Å². The summed E-state index contributed by atoms with van der Waals surface area (Å²) in [5.74, 6) is 0.760. The van der Waals surface area contributed by atoms with Crippen LogP contribution in [0, 0.1) is 0 Å². The predicted molar refractivity (Wildman–Crippen MR) is 56.8 cm³/mol. The lowest BCUT2D eigenvalue weighted by Crippen LogP contribution is -2.16. The van der Waals surface area contributed by atoms with Gasteiger partial charge in [0.1, 0.15) is 12.4 Å². The zero-order valence-corrected chi connectivity index (χ0v) is 8.69. The number of hydrogen-bond donors (Lipinski definition) is 1. The first kappa shape index (κ1) is 10.5. The average molecular weight is 208 g/mol. The van der Waals surface area contributed by atoms with Gasteiger partial charge in [-0.25, -0.2) is 0 Å². The SMILES string of the molecule is OCc1ccccc1OC[C@@H]1CCCO1. The first-order valence-corrected chi connectivity index (χ1v) is 5.33. The van der Waals surface area contributed by atoms with Crippen molar-refractivity contribution in [2.24, 2.45) is 0 Å². The summed E-state index contributed by atoms with van der Waals surface area (Å²) in [7, 11) is 0. The summed E-state index contributed by atoms with van der Waals surface area (Å²) in [5, 5.41) is 9.10. The molecule has 0 unspecified atom stereocenters. The van der Waals surface area contributed by atoms with E-state index in [-0.39, 0.29) is 12.7 Å². The van der Waals surface area contributed by atoms with Crippen molar-refractivity contribution in [3.05, 3.63) is 29.8 Å². The second-order valence-corrected chi connectivity index (χ2v) is 3.71. The zero-order valence-electron chi connectivity index (χ0n) is 8.69. The third-order valence-corrected chi connectivity index (χ3v) is 2.59. The molecule has 1 N–H and O–H groups in total. The predicted octanol–water partition coefficient (Wildman–Crippen LogP) is 1.74. The van der Waals surface area contributed by atoms with Crippen LogP contribution < -0.4 is 4.74 Å². The van der Waals surface area contributed by atoms with Gasteiger partial charge in [-0.15, -0.1) is 0 Å². The molecule has 1 aromatic rings. The van der Waals surface area contributed by atoms with Gasteiger partial charge in [-0.05, 0) is 18.9 Å². The summed E-state index contributed by atoms with van der Waals surface area (Å²) in [4.78, 5) is 0. The van der Waals surface area contributed by atoms with Gasteiger partial charge in [0.25, 0.3) is 0 Å². The molecule has 1 aromatic carbocycles. The highest BCUT2D eigenvalue weighted by Crippen LogP contribution is 2.20. The van der Waals surface area contributed by atoms with Crippen LogP contribution in [0.3, 0.4) is 0 Å². The second kappa shape index (κ2) is 5.14. The van der Waals surface area contributed by atoms with E-state index in [9.17, 15) is 0 Å². The Labute approximate surface area is 89.6 Å². The van der Waals surface area contributed by atoms with Crippen LogP contribution in [0.5, 0.6) is 5.75 Å². The van der Waals surface area contributed by atoms with Gasteiger partial charge in [0.05, 0.1) is 12.7 Å². The molecule has 1 aliphatic heterocycles. The zero-order chi connectivity index (χ0) is 10.5. The number of ether oxygens (including phenoxy) is 2. The topological polar surface area (TPSA) is 38.7 Å². The largest absolute Gasteiger partial charge is 0.491 e. The summed E-state index contributed by atoms with van der Waals surface area (Å²) in [6, 6.07) is 7.54. The first-order chi connectivity index (χ1) is 7.40. The van der Waals surface area contributed by atoms with Gasteiger partial charge in [0.15, 0.2) is 0 Å². The quantitative estimate of drug-likeness (QED) is 0.819. The molecule has 1 saturated heterocycles. The van der Waals surface area contributed by atoms with Crippen molar-refractivity contribution in [2.75, 3.05) is 13.2 Å². The van der Waals surface area contributed by atoms with Gasteiger partial charge < -0.3 is 14.6 Å². The van der Waals surface area contributed by atoms with E-state index in [1.807, 2.05) is 24.3 Å². The lowest BCUT2D eigenvalue weighted by atomic mass is 10.2. The molecular formula is C12H16O3. The molecule has 1 atom stereocenters. The van der Waals surface area contributed by atoms with E-state index < -0.39 is 0 Å². The third kappa shape index (κ3) is 2.70. The van der Waals surface area contributed by atoms with Crippen LogP contribution in [0.1, 0.15) is 18.4 Å². The summed E-state index contributed by atoms with van der Waals surface area (Å²) < 4.78 is 11.1. The molecule has 1 heterocycles. The number of rotatable bonds is 4. The monoisotopic (exact) mass is 208 g/mol. The maximum atomic E-state index is 9.10. The number of aliphatic hydroxyl groups is 1. The molecule has 0 aromatic heterocycles. The van der Waals surface area contributed by atoms with Crippen LogP contribution in [0.15, 0.2) is 24.3 Å². The molecule has 0 bridgehead atoms. The normalized spacial score (nSPS) is 20.5. The van der Waals surface area contributed by atoms with Crippen molar-refractivity contribution < 1.29 is 14.6 Å². The van der Waals surface area contributed by atoms with Crippen LogP contribution in [0.25, 0.3) is 0 Å². The van der Waals surface area contributed by atoms with Crippen LogP contribution in [0.4, 0.5) is 0 Å². The second-order valence-electron chi connectivity index (χ2n) is 3.71. The number of aliphatic hydroxyl groups excluding tert-OH is 1. The van der Waals surface area contributed by atoms with E-state index in [0.717, 1.165) is 30.8 Å². The van der Waals surface area contributed by atoms with Gasteiger partial charge in [-0.2, -0.15) is 0 Å². The van der Waals surface area contributed by atoms with Crippen LogP contribution in [0.2, 0.25) is 0 Å². The number of hydrogen-bond acceptors (Lipinski definition) is 3. The summed E-state index contributed by atoms with van der Waals surface area (Å²) in [5.41, 5.74) is 0.829. The molecule has 1 aliphatic rings. The van der Waals surface area contributed by atoms with E-state index in [2.05, 4.69) is 0 Å². The average Bonchev–Trinajstić information content (AvgIpc) is 2.79. The maximum absolute atomic E-state index is 9.10. The van der Waals surface area contributed by atoms with Crippen LogP contribution >= 0.6 is 0 Å². The molecule has 82 valence electrons. The molecular weight excluding hydrogens is 192 g/mol. The third-order valence-electron chi connectivity index (χ3n) is 2.59. The molecule has 0 spiro atoms. The molecule has 0 aliphatic carbocycles. The van der Waals surface area contributed by atoms with Crippen molar-refractivity contribution in [3.8, 4) is 5.75 Å². The standard InChI is InChI=1S/C12H16O3/c13-8-10-4-1-2-6-12(10)15-9-11-5-3-7-14-11/h1-2,4,6,11,13H,3,5,7-9H2/t11-/m0/s1. The minimum atomic E-state index is 0.0156. The minimum Gasteiger partial charge on any atom is -0.491 e. The fraction of sp³-hybridized carbons (Fsp3) is 0.500. The highest BCUT2D eigenvalue weighted by atomic mass is 16.5. The Morgan fingerprint density at radius 1 is 1.40 bits per heavy atom. The van der Waals surface area contributed by atoms with Crippen molar-refractivity contribution in [2.45, 2.75) is 25.6 Å². The molecule has 0 amide bonds. The van der Waals surface area contributed by atoms with Gasteiger partial charge in [0.2, 0.25) is 0 Å². The number of benzene rings is 1. The van der Waals surface area contributed by atoms with Gasteiger partial charge in [0, 0.05) is 12.2 Å². The minimum absolute atomic E-state index is 0.0156. The molecule has 1 fully saturated rings. The fourth-order valence-electron chi connectivity index (χ4n) is 1.73. The lowest BCUT2D eigenvalue weighted by molar-refractivity contribution is 0.0671. The van der Waals surface area contributed by atoms with Gasteiger partial charge in [-0.1, -0.05) is 18.2 Å². The Kier molecular flexibility index (Phi) is 3.59. The molecule has 0 radical (unpaired) electrons. The van der Waals surface area contributed by atoms with Crippen molar-refractivity contribution in [3.63, 3.8) is 0 Å². The van der Waals surface area contributed by atoms with Crippen molar-refractivity contribution >= 4 is 0 Å². The molecule has 2 rings (SSSR count). The summed E-state index contributed by atoms with van der Waals surface area (Å²) >= 11 is 0. The highest BCUT2D eigenvalue weighted by molar-refractivity contribution is 5.32. The van der Waals surface area contributed by atoms with E-state index in [0.29, 0.717) is 6.61 Å². The summed E-state index contributed by atoms with van der Waals surface area (Å²) in [6.07, 6.45) is 2.41. The van der Waals surface area contributed by atoms with Crippen LogP contribution in [-0.2, 0) is 11.3 Å². The smallest absolute Gasteiger partial charge is 0.124 e. The fourth-order valence-corrected chi connectivity index (χ4v) is 1.73. The van der Waals surface area contributed by atoms with Crippen molar-refractivity contribution in [1.29, 1.82) is 0 Å². The lowest BCUT2D eigenvalue weighted by Gasteiger charge is -2.13. The van der Waals surface area contributed by atoms with Crippen LogP contribution in [-0.4, -0.2) is 24.4 Å². The molecule has 15 heavy (non-hydrogen) atoms. The van der Waals surface area contributed by atoms with Crippen molar-refractivity contribution in [1.82, 2.24) is 0 Å². The number of para-hydroxylation sites is 1. The Morgan fingerprint density at radius 3 is 3.00 bits per heavy atom. The first-order valence-electron chi connectivity index (χ1n) is 5.33. The molecule has 0 saturated carbocycles. The Morgan fingerprint density at radius 2 is 2.27 bits per heavy atom. The van der Waals surface area contributed by atoms with Gasteiger partial charge in [-0.3, -0.25) is 0 Å². The Hall–Kier alpha value is -1.06. The molecule has 3 heteroatoms. The Balaban J connectivity index is 1.91. The van der Waals surface area contributed by atoms with E-state index in [4.69, 9.17) is 14.6 Å². The highest BCUT2D eigenvalue weighted by Gasteiger charge is 2.16. The van der Waals surface area contributed by atoms with E-state index in [1.165, 1.54) is 0 Å².